The molecule has 0 aliphatic rings. The molecule has 1 aromatic carbocycles. The maximum atomic E-state index is 13.5. The maximum absolute atomic E-state index is 13.5. The number of hydrogen-bond acceptors (Lipinski definition) is 2. The zero-order valence-corrected chi connectivity index (χ0v) is 10.0. The van der Waals surface area contributed by atoms with Gasteiger partial charge in [-0.15, -0.1) is 0 Å². The Labute approximate surface area is 96.6 Å². The van der Waals surface area contributed by atoms with Gasteiger partial charge in [0, 0.05) is 11.6 Å². The van der Waals surface area contributed by atoms with Crippen molar-refractivity contribution in [2.75, 3.05) is 6.61 Å². The number of halogens is 1. The molecule has 2 nitrogen and oxygen atoms in total. The van der Waals surface area contributed by atoms with Crippen LogP contribution in [0.2, 0.25) is 0 Å². The summed E-state index contributed by atoms with van der Waals surface area (Å²) in [5.74, 6) is -0.0140. The summed E-state index contributed by atoms with van der Waals surface area (Å²) in [6, 6.07) is 4.66. The van der Waals surface area contributed by atoms with Crippen molar-refractivity contribution < 1.29 is 9.13 Å². The summed E-state index contributed by atoms with van der Waals surface area (Å²) < 4.78 is 19.0. The molecule has 0 saturated heterocycles. The Kier molecular flexibility index (Phi) is 5.26. The average Bonchev–Trinajstić information content (AvgIpc) is 2.25. The SMILES string of the molecule is CCCCCOc1c(F)cccc1[C@H](C)N. The molecule has 0 amide bonds. The molecular weight excluding hydrogens is 205 g/mol. The molecule has 90 valence electrons. The zero-order chi connectivity index (χ0) is 12.0. The second kappa shape index (κ2) is 6.48. The first kappa shape index (κ1) is 13.0. The van der Waals surface area contributed by atoms with Crippen molar-refractivity contribution in [2.45, 2.75) is 39.2 Å². The fourth-order valence-corrected chi connectivity index (χ4v) is 1.56. The molecule has 0 spiro atoms. The predicted octanol–water partition coefficient (Wildman–Crippen LogP) is 3.41. The lowest BCUT2D eigenvalue weighted by Crippen LogP contribution is -2.10. The van der Waals surface area contributed by atoms with E-state index >= 15 is 0 Å². The summed E-state index contributed by atoms with van der Waals surface area (Å²) in [5, 5.41) is 0. The van der Waals surface area contributed by atoms with Gasteiger partial charge in [0.1, 0.15) is 0 Å². The quantitative estimate of drug-likeness (QED) is 0.753. The van der Waals surface area contributed by atoms with Gasteiger partial charge >= 0.3 is 0 Å². The van der Waals surface area contributed by atoms with Gasteiger partial charge in [-0.05, 0) is 19.4 Å². The van der Waals surface area contributed by atoms with Crippen molar-refractivity contribution in [1.82, 2.24) is 0 Å². The lowest BCUT2D eigenvalue weighted by molar-refractivity contribution is 0.287. The molecule has 0 fully saturated rings. The normalized spacial score (nSPS) is 12.5. The monoisotopic (exact) mass is 225 g/mol. The van der Waals surface area contributed by atoms with E-state index in [0.29, 0.717) is 12.4 Å². The molecule has 1 aromatic rings. The van der Waals surface area contributed by atoms with Gasteiger partial charge in [0.05, 0.1) is 6.61 Å². The van der Waals surface area contributed by atoms with Gasteiger partial charge in [-0.3, -0.25) is 0 Å². The van der Waals surface area contributed by atoms with E-state index in [2.05, 4.69) is 6.92 Å². The number of benzene rings is 1. The zero-order valence-electron chi connectivity index (χ0n) is 10.0. The summed E-state index contributed by atoms with van der Waals surface area (Å²) in [6.45, 7) is 4.50. The van der Waals surface area contributed by atoms with Crippen LogP contribution < -0.4 is 10.5 Å². The van der Waals surface area contributed by atoms with Crippen molar-refractivity contribution in [3.63, 3.8) is 0 Å². The minimum atomic E-state index is -0.328. The van der Waals surface area contributed by atoms with Gasteiger partial charge in [0.15, 0.2) is 11.6 Å². The number of ether oxygens (including phenoxy) is 1. The summed E-state index contributed by atoms with van der Waals surface area (Å²) in [5.41, 5.74) is 6.50. The van der Waals surface area contributed by atoms with Crippen molar-refractivity contribution in [2.24, 2.45) is 5.73 Å². The minimum absolute atomic E-state index is 0.211. The van der Waals surface area contributed by atoms with Gasteiger partial charge in [-0.1, -0.05) is 31.9 Å². The molecule has 0 heterocycles. The van der Waals surface area contributed by atoms with Crippen LogP contribution in [0.1, 0.15) is 44.7 Å². The van der Waals surface area contributed by atoms with E-state index in [1.54, 1.807) is 6.07 Å². The summed E-state index contributed by atoms with van der Waals surface area (Å²) in [6.07, 6.45) is 3.17. The lowest BCUT2D eigenvalue weighted by Gasteiger charge is -2.14. The van der Waals surface area contributed by atoms with Crippen LogP contribution in [0.5, 0.6) is 5.75 Å². The van der Waals surface area contributed by atoms with Crippen LogP contribution in [0.25, 0.3) is 0 Å². The van der Waals surface area contributed by atoms with E-state index < -0.39 is 0 Å². The fourth-order valence-electron chi connectivity index (χ4n) is 1.56. The molecule has 1 atom stereocenters. The van der Waals surface area contributed by atoms with Crippen LogP contribution in [-0.2, 0) is 0 Å². The number of hydrogen-bond donors (Lipinski definition) is 1. The Morgan fingerprint density at radius 3 is 2.75 bits per heavy atom. The molecule has 3 heteroatoms. The number of nitrogens with two attached hydrogens (primary N) is 1. The van der Waals surface area contributed by atoms with Crippen LogP contribution >= 0.6 is 0 Å². The molecule has 0 aromatic heterocycles. The van der Waals surface area contributed by atoms with Crippen LogP contribution in [0.3, 0.4) is 0 Å². The van der Waals surface area contributed by atoms with Crippen molar-refractivity contribution in [1.29, 1.82) is 0 Å². The highest BCUT2D eigenvalue weighted by Gasteiger charge is 2.12. The van der Waals surface area contributed by atoms with Crippen molar-refractivity contribution in [3.05, 3.63) is 29.6 Å². The first-order chi connectivity index (χ1) is 7.66. The Morgan fingerprint density at radius 2 is 2.12 bits per heavy atom. The summed E-state index contributed by atoms with van der Waals surface area (Å²) in [4.78, 5) is 0. The van der Waals surface area contributed by atoms with Crippen LogP contribution in [0, 0.1) is 5.82 Å². The van der Waals surface area contributed by atoms with E-state index in [1.807, 2.05) is 13.0 Å². The minimum Gasteiger partial charge on any atom is -0.490 e. The third-order valence-corrected chi connectivity index (χ3v) is 2.48. The molecule has 0 bridgehead atoms. The second-order valence-corrected chi connectivity index (χ2v) is 4.00. The highest BCUT2D eigenvalue weighted by molar-refractivity contribution is 5.36. The molecule has 2 N–H and O–H groups in total. The largest absolute Gasteiger partial charge is 0.490 e. The molecule has 0 radical (unpaired) electrons. The Morgan fingerprint density at radius 1 is 1.38 bits per heavy atom. The predicted molar refractivity (Wildman–Crippen MR) is 64.0 cm³/mol. The Hall–Kier alpha value is -1.09. The van der Waals surface area contributed by atoms with Gasteiger partial charge in [0.25, 0.3) is 0 Å². The standard InChI is InChI=1S/C13H20FNO/c1-3-4-5-9-16-13-11(10(2)15)7-6-8-12(13)14/h6-8,10H,3-5,9,15H2,1-2H3/t10-/m0/s1. The van der Waals surface area contributed by atoms with Crippen LogP contribution in [-0.4, -0.2) is 6.61 Å². The first-order valence-corrected chi connectivity index (χ1v) is 5.83. The van der Waals surface area contributed by atoms with Crippen molar-refractivity contribution in [3.8, 4) is 5.75 Å². The van der Waals surface area contributed by atoms with E-state index in [1.165, 1.54) is 6.07 Å². The van der Waals surface area contributed by atoms with E-state index in [0.717, 1.165) is 24.8 Å². The first-order valence-electron chi connectivity index (χ1n) is 5.83. The molecule has 0 saturated carbocycles. The van der Waals surface area contributed by atoms with Gasteiger partial charge in [-0.2, -0.15) is 0 Å². The third kappa shape index (κ3) is 3.49. The van der Waals surface area contributed by atoms with E-state index in [9.17, 15) is 4.39 Å². The third-order valence-electron chi connectivity index (χ3n) is 2.48. The highest BCUT2D eigenvalue weighted by atomic mass is 19.1. The second-order valence-electron chi connectivity index (χ2n) is 4.00. The Balaban J connectivity index is 2.69. The molecule has 0 aliphatic heterocycles. The average molecular weight is 225 g/mol. The lowest BCUT2D eigenvalue weighted by atomic mass is 10.1. The molecule has 0 aliphatic carbocycles. The van der Waals surface area contributed by atoms with E-state index in [-0.39, 0.29) is 11.9 Å². The highest BCUT2D eigenvalue weighted by Crippen LogP contribution is 2.27. The number of para-hydroxylation sites is 1. The smallest absolute Gasteiger partial charge is 0.165 e. The van der Waals surface area contributed by atoms with Crippen molar-refractivity contribution >= 4 is 0 Å². The molecule has 0 unspecified atom stereocenters. The molecule has 1 rings (SSSR count). The maximum Gasteiger partial charge on any atom is 0.165 e. The number of unbranched alkanes of at least 4 members (excludes halogenated alkanes) is 2. The summed E-state index contributed by atoms with van der Waals surface area (Å²) in [7, 11) is 0. The Bertz CT molecular complexity index is 326. The molecule has 16 heavy (non-hydrogen) atoms. The van der Waals surface area contributed by atoms with Crippen LogP contribution in [0.4, 0.5) is 4.39 Å². The topological polar surface area (TPSA) is 35.2 Å². The van der Waals surface area contributed by atoms with Crippen LogP contribution in [0.15, 0.2) is 18.2 Å². The van der Waals surface area contributed by atoms with Gasteiger partial charge in [0.2, 0.25) is 0 Å². The van der Waals surface area contributed by atoms with Gasteiger partial charge in [-0.25, -0.2) is 4.39 Å². The van der Waals surface area contributed by atoms with E-state index in [4.69, 9.17) is 10.5 Å². The fraction of sp³-hybridized carbons (Fsp3) is 0.538. The number of rotatable bonds is 6. The summed E-state index contributed by atoms with van der Waals surface area (Å²) >= 11 is 0. The van der Waals surface area contributed by atoms with Gasteiger partial charge < -0.3 is 10.5 Å². The molecular formula is C13H20FNO.